The Morgan fingerprint density at radius 2 is 1.95 bits per heavy atom. The second-order valence-corrected chi connectivity index (χ2v) is 5.20. The van der Waals surface area contributed by atoms with Crippen LogP contribution in [0.25, 0.3) is 0 Å². The molecule has 0 amide bonds. The smallest absolute Gasteiger partial charge is 0.163 e. The first-order valence-corrected chi connectivity index (χ1v) is 6.68. The van der Waals surface area contributed by atoms with E-state index in [0.717, 1.165) is 12.5 Å². The van der Waals surface area contributed by atoms with Crippen molar-refractivity contribution in [3.63, 3.8) is 0 Å². The lowest BCUT2D eigenvalue weighted by Crippen LogP contribution is -2.32. The highest BCUT2D eigenvalue weighted by molar-refractivity contribution is 5.40. The Morgan fingerprint density at radius 3 is 2.70 bits per heavy atom. The molecule has 0 saturated carbocycles. The molecule has 0 spiro atoms. The minimum Gasteiger partial charge on any atom is -0.271 e. The van der Waals surface area contributed by atoms with Crippen LogP contribution in [0, 0.1) is 11.6 Å². The highest BCUT2D eigenvalue weighted by Gasteiger charge is 2.29. The van der Waals surface area contributed by atoms with Gasteiger partial charge in [-0.25, -0.2) is 8.78 Å². The Labute approximate surface area is 116 Å². The number of benzene rings is 2. The summed E-state index contributed by atoms with van der Waals surface area (Å²) in [6.45, 7) is 0. The van der Waals surface area contributed by atoms with E-state index in [4.69, 9.17) is 5.84 Å². The molecule has 2 unspecified atom stereocenters. The number of fused-ring (bicyclic) bond motifs is 1. The summed E-state index contributed by atoms with van der Waals surface area (Å²) in [7, 11) is 0. The van der Waals surface area contributed by atoms with Crippen molar-refractivity contribution in [2.24, 2.45) is 5.84 Å². The molecule has 2 aromatic rings. The van der Waals surface area contributed by atoms with Crippen LogP contribution in [0.2, 0.25) is 0 Å². The van der Waals surface area contributed by atoms with E-state index < -0.39 is 11.6 Å². The third kappa shape index (κ3) is 2.21. The van der Waals surface area contributed by atoms with Gasteiger partial charge in [0.2, 0.25) is 0 Å². The molecule has 2 atom stereocenters. The minimum atomic E-state index is -0.836. The van der Waals surface area contributed by atoms with Gasteiger partial charge < -0.3 is 0 Å². The lowest BCUT2D eigenvalue weighted by Gasteiger charge is -2.33. The summed E-state index contributed by atoms with van der Waals surface area (Å²) in [4.78, 5) is 0. The van der Waals surface area contributed by atoms with Crippen molar-refractivity contribution in [2.75, 3.05) is 0 Å². The van der Waals surface area contributed by atoms with E-state index in [2.05, 4.69) is 17.6 Å². The molecule has 1 aliphatic rings. The first-order valence-electron chi connectivity index (χ1n) is 6.68. The maximum Gasteiger partial charge on any atom is 0.163 e. The highest BCUT2D eigenvalue weighted by atomic mass is 19.2. The maximum atomic E-state index is 13.8. The topological polar surface area (TPSA) is 38.0 Å². The second-order valence-electron chi connectivity index (χ2n) is 5.20. The number of hydrogen-bond acceptors (Lipinski definition) is 2. The largest absolute Gasteiger partial charge is 0.271 e. The average molecular weight is 274 g/mol. The van der Waals surface area contributed by atoms with Crippen LogP contribution in [-0.4, -0.2) is 0 Å². The number of hydrogen-bond donors (Lipinski definition) is 2. The zero-order valence-electron chi connectivity index (χ0n) is 10.9. The predicted octanol–water partition coefficient (Wildman–Crippen LogP) is 3.20. The standard InChI is InChI=1S/C16H16F2N2/c17-14-7-3-6-13(16(14)18)15(20-19)9-11-8-10-4-1-2-5-12(10)11/h1-7,11,15,20H,8-9,19H2. The Morgan fingerprint density at radius 1 is 1.15 bits per heavy atom. The molecule has 0 fully saturated rings. The lowest BCUT2D eigenvalue weighted by molar-refractivity contribution is 0.410. The molecule has 3 N–H and O–H groups in total. The quantitative estimate of drug-likeness (QED) is 0.663. The molecule has 4 heteroatoms. The van der Waals surface area contributed by atoms with Gasteiger partial charge in [-0.15, -0.1) is 0 Å². The van der Waals surface area contributed by atoms with Gasteiger partial charge in [0.05, 0.1) is 0 Å². The number of rotatable bonds is 4. The molecular weight excluding hydrogens is 258 g/mol. The lowest BCUT2D eigenvalue weighted by atomic mass is 9.74. The summed E-state index contributed by atoms with van der Waals surface area (Å²) >= 11 is 0. The van der Waals surface area contributed by atoms with E-state index in [1.54, 1.807) is 6.07 Å². The van der Waals surface area contributed by atoms with Gasteiger partial charge in [0.1, 0.15) is 0 Å². The van der Waals surface area contributed by atoms with Crippen LogP contribution < -0.4 is 11.3 Å². The molecule has 2 aromatic carbocycles. The molecular formula is C16H16F2N2. The highest BCUT2D eigenvalue weighted by Crippen LogP contribution is 2.40. The molecule has 20 heavy (non-hydrogen) atoms. The van der Waals surface area contributed by atoms with Crippen LogP contribution in [0.1, 0.15) is 35.1 Å². The Hall–Kier alpha value is -1.78. The molecule has 3 rings (SSSR count). The van der Waals surface area contributed by atoms with Gasteiger partial charge in [0.25, 0.3) is 0 Å². The van der Waals surface area contributed by atoms with E-state index in [-0.39, 0.29) is 11.6 Å². The van der Waals surface area contributed by atoms with Gasteiger partial charge in [-0.2, -0.15) is 0 Å². The van der Waals surface area contributed by atoms with E-state index in [0.29, 0.717) is 12.3 Å². The fraction of sp³-hybridized carbons (Fsp3) is 0.250. The SMILES string of the molecule is NNC(CC1Cc2ccccc21)c1cccc(F)c1F. The summed E-state index contributed by atoms with van der Waals surface area (Å²) in [5, 5.41) is 0. The van der Waals surface area contributed by atoms with Crippen molar-refractivity contribution in [1.29, 1.82) is 0 Å². The van der Waals surface area contributed by atoms with Crippen molar-refractivity contribution in [2.45, 2.75) is 24.8 Å². The van der Waals surface area contributed by atoms with E-state index in [1.165, 1.54) is 17.2 Å². The monoisotopic (exact) mass is 274 g/mol. The molecule has 0 heterocycles. The van der Waals surface area contributed by atoms with Crippen LogP contribution >= 0.6 is 0 Å². The van der Waals surface area contributed by atoms with Crippen molar-refractivity contribution in [3.8, 4) is 0 Å². The summed E-state index contributed by atoms with van der Waals surface area (Å²) in [6.07, 6.45) is 1.62. The molecule has 104 valence electrons. The number of nitrogens with two attached hydrogens (primary N) is 1. The van der Waals surface area contributed by atoms with Crippen molar-refractivity contribution < 1.29 is 8.78 Å². The molecule has 0 saturated heterocycles. The third-order valence-electron chi connectivity index (χ3n) is 4.04. The predicted molar refractivity (Wildman–Crippen MR) is 73.9 cm³/mol. The van der Waals surface area contributed by atoms with Crippen LogP contribution in [0.5, 0.6) is 0 Å². The van der Waals surface area contributed by atoms with E-state index in [1.807, 2.05) is 12.1 Å². The second kappa shape index (κ2) is 5.31. The Balaban J connectivity index is 1.81. The molecule has 2 nitrogen and oxygen atoms in total. The zero-order valence-corrected chi connectivity index (χ0v) is 10.9. The maximum absolute atomic E-state index is 13.8. The van der Waals surface area contributed by atoms with Gasteiger partial charge in [0.15, 0.2) is 11.6 Å². The molecule has 0 radical (unpaired) electrons. The van der Waals surface area contributed by atoms with E-state index in [9.17, 15) is 8.78 Å². The van der Waals surface area contributed by atoms with Crippen molar-refractivity contribution in [3.05, 3.63) is 70.8 Å². The summed E-state index contributed by atoms with van der Waals surface area (Å²) < 4.78 is 27.1. The molecule has 0 aromatic heterocycles. The van der Waals surface area contributed by atoms with Crippen LogP contribution in [0.4, 0.5) is 8.78 Å². The van der Waals surface area contributed by atoms with E-state index >= 15 is 0 Å². The molecule has 0 aliphatic heterocycles. The van der Waals surface area contributed by atoms with Gasteiger partial charge in [0, 0.05) is 11.6 Å². The van der Waals surface area contributed by atoms with Gasteiger partial charge in [-0.05, 0) is 36.0 Å². The number of hydrazine groups is 1. The summed E-state index contributed by atoms with van der Waals surface area (Å²) in [6, 6.07) is 12.0. The molecule has 0 bridgehead atoms. The molecule has 1 aliphatic carbocycles. The van der Waals surface area contributed by atoms with Crippen LogP contribution in [0.15, 0.2) is 42.5 Å². The van der Waals surface area contributed by atoms with Crippen LogP contribution in [-0.2, 0) is 6.42 Å². The normalized spacial score (nSPS) is 18.2. The third-order valence-corrected chi connectivity index (χ3v) is 4.04. The van der Waals surface area contributed by atoms with Gasteiger partial charge >= 0.3 is 0 Å². The van der Waals surface area contributed by atoms with Crippen LogP contribution in [0.3, 0.4) is 0 Å². The first kappa shape index (κ1) is 13.2. The van der Waals surface area contributed by atoms with Crippen molar-refractivity contribution >= 4 is 0 Å². The Kier molecular flexibility index (Phi) is 3.51. The zero-order chi connectivity index (χ0) is 14.1. The fourth-order valence-corrected chi connectivity index (χ4v) is 2.93. The average Bonchev–Trinajstić information content (AvgIpc) is 2.44. The van der Waals surface area contributed by atoms with Gasteiger partial charge in [-0.3, -0.25) is 11.3 Å². The van der Waals surface area contributed by atoms with Gasteiger partial charge in [-0.1, -0.05) is 36.4 Å². The first-order chi connectivity index (χ1) is 9.70. The summed E-state index contributed by atoms with van der Waals surface area (Å²) in [5.74, 6) is 4.22. The number of nitrogens with one attached hydrogen (secondary N) is 1. The number of halogens is 2. The Bertz CT molecular complexity index is 628. The summed E-state index contributed by atoms with van der Waals surface area (Å²) in [5.41, 5.74) is 5.51. The minimum absolute atomic E-state index is 0.289. The fourth-order valence-electron chi connectivity index (χ4n) is 2.93. The van der Waals surface area contributed by atoms with Crippen molar-refractivity contribution in [1.82, 2.24) is 5.43 Å².